The lowest BCUT2D eigenvalue weighted by atomic mass is 10.1. The van der Waals surface area contributed by atoms with Gasteiger partial charge in [-0.3, -0.25) is 4.79 Å². The Hall–Kier alpha value is -2.20. The number of halogens is 1. The lowest BCUT2D eigenvalue weighted by Gasteiger charge is -2.18. The van der Waals surface area contributed by atoms with Crippen LogP contribution in [0.2, 0.25) is 0 Å². The minimum atomic E-state index is -0.577. The van der Waals surface area contributed by atoms with Crippen molar-refractivity contribution in [2.75, 3.05) is 0 Å². The third-order valence-corrected chi connectivity index (χ3v) is 4.07. The second kappa shape index (κ2) is 6.28. The van der Waals surface area contributed by atoms with Gasteiger partial charge in [0.05, 0.1) is 12.1 Å². The fraction of sp³-hybridized carbons (Fsp3) is 0.278. The number of hydrogen-bond donors (Lipinski definition) is 2. The first kappa shape index (κ1) is 14.7. The van der Waals surface area contributed by atoms with E-state index in [-0.39, 0.29) is 17.8 Å². The van der Waals surface area contributed by atoms with Crippen molar-refractivity contribution in [1.82, 2.24) is 5.32 Å². The van der Waals surface area contributed by atoms with Crippen LogP contribution in [0.15, 0.2) is 48.5 Å². The van der Waals surface area contributed by atoms with Gasteiger partial charge in [0, 0.05) is 12.8 Å². The average molecular weight is 299 g/mol. The summed E-state index contributed by atoms with van der Waals surface area (Å²) in [6, 6.07) is 13.6. The SMILES string of the molecule is O=C(CCc1ccc(F)cc1)N[C@@H]1c2ccccc2C[C@@H]1O. The number of aliphatic hydroxyl groups is 1. The molecule has 1 aliphatic carbocycles. The van der Waals surface area contributed by atoms with Gasteiger partial charge in [-0.05, 0) is 35.2 Å². The molecular formula is C18H18FNO2. The van der Waals surface area contributed by atoms with E-state index in [4.69, 9.17) is 0 Å². The molecule has 0 unspecified atom stereocenters. The molecule has 3 rings (SSSR count). The highest BCUT2D eigenvalue weighted by Crippen LogP contribution is 2.31. The van der Waals surface area contributed by atoms with E-state index in [2.05, 4.69) is 5.32 Å². The van der Waals surface area contributed by atoms with Crippen molar-refractivity contribution in [1.29, 1.82) is 0 Å². The van der Waals surface area contributed by atoms with Crippen molar-refractivity contribution >= 4 is 5.91 Å². The van der Waals surface area contributed by atoms with Crippen LogP contribution in [0.4, 0.5) is 4.39 Å². The van der Waals surface area contributed by atoms with Gasteiger partial charge in [-0.1, -0.05) is 36.4 Å². The third kappa shape index (κ3) is 3.17. The van der Waals surface area contributed by atoms with Crippen molar-refractivity contribution in [3.05, 3.63) is 71.0 Å². The Morgan fingerprint density at radius 3 is 2.68 bits per heavy atom. The maximum Gasteiger partial charge on any atom is 0.220 e. The smallest absolute Gasteiger partial charge is 0.220 e. The Morgan fingerprint density at radius 1 is 1.18 bits per heavy atom. The van der Waals surface area contributed by atoms with Crippen LogP contribution in [0.3, 0.4) is 0 Å². The predicted octanol–water partition coefficient (Wildman–Crippen LogP) is 2.53. The molecule has 0 aliphatic heterocycles. The zero-order valence-electron chi connectivity index (χ0n) is 12.1. The molecule has 114 valence electrons. The van der Waals surface area contributed by atoms with E-state index in [9.17, 15) is 14.3 Å². The molecule has 2 N–H and O–H groups in total. The Balaban J connectivity index is 1.59. The number of carbonyl (C=O) groups excluding carboxylic acids is 1. The molecule has 0 saturated heterocycles. The first-order valence-corrected chi connectivity index (χ1v) is 7.43. The molecule has 1 aliphatic rings. The van der Waals surface area contributed by atoms with Crippen molar-refractivity contribution in [2.45, 2.75) is 31.4 Å². The molecule has 2 aromatic rings. The molecule has 0 bridgehead atoms. The highest BCUT2D eigenvalue weighted by molar-refractivity contribution is 5.77. The van der Waals surface area contributed by atoms with Gasteiger partial charge in [0.25, 0.3) is 0 Å². The van der Waals surface area contributed by atoms with Crippen LogP contribution in [0, 0.1) is 5.82 Å². The number of hydrogen-bond acceptors (Lipinski definition) is 2. The van der Waals surface area contributed by atoms with Crippen molar-refractivity contribution in [2.24, 2.45) is 0 Å². The third-order valence-electron chi connectivity index (χ3n) is 4.07. The summed E-state index contributed by atoms with van der Waals surface area (Å²) in [4.78, 5) is 12.1. The lowest BCUT2D eigenvalue weighted by molar-refractivity contribution is -0.122. The zero-order chi connectivity index (χ0) is 15.5. The molecule has 0 spiro atoms. The van der Waals surface area contributed by atoms with Crippen LogP contribution >= 0.6 is 0 Å². The normalized spacial score (nSPS) is 19.7. The summed E-state index contributed by atoms with van der Waals surface area (Å²) < 4.78 is 12.8. The van der Waals surface area contributed by atoms with E-state index in [0.717, 1.165) is 16.7 Å². The lowest BCUT2D eigenvalue weighted by Crippen LogP contribution is -2.33. The molecule has 2 aromatic carbocycles. The van der Waals surface area contributed by atoms with E-state index in [1.165, 1.54) is 12.1 Å². The van der Waals surface area contributed by atoms with Gasteiger partial charge in [0.2, 0.25) is 5.91 Å². The number of aliphatic hydroxyl groups excluding tert-OH is 1. The van der Waals surface area contributed by atoms with Gasteiger partial charge in [-0.25, -0.2) is 4.39 Å². The summed E-state index contributed by atoms with van der Waals surface area (Å²) in [5.41, 5.74) is 2.99. The first-order valence-electron chi connectivity index (χ1n) is 7.43. The molecule has 22 heavy (non-hydrogen) atoms. The topological polar surface area (TPSA) is 49.3 Å². The van der Waals surface area contributed by atoms with Gasteiger partial charge < -0.3 is 10.4 Å². The van der Waals surface area contributed by atoms with Crippen LogP contribution in [0.1, 0.15) is 29.2 Å². The number of fused-ring (bicyclic) bond motifs is 1. The molecular weight excluding hydrogens is 281 g/mol. The molecule has 4 heteroatoms. The van der Waals surface area contributed by atoms with Crippen LogP contribution in [0.25, 0.3) is 0 Å². The molecule has 0 heterocycles. The van der Waals surface area contributed by atoms with Crippen LogP contribution < -0.4 is 5.32 Å². The summed E-state index contributed by atoms with van der Waals surface area (Å²) in [6.45, 7) is 0. The van der Waals surface area contributed by atoms with Crippen molar-refractivity contribution in [3.8, 4) is 0 Å². The van der Waals surface area contributed by atoms with E-state index in [1.807, 2.05) is 24.3 Å². The van der Waals surface area contributed by atoms with Gasteiger partial charge >= 0.3 is 0 Å². The Morgan fingerprint density at radius 2 is 1.91 bits per heavy atom. The van der Waals surface area contributed by atoms with Gasteiger partial charge in [-0.15, -0.1) is 0 Å². The summed E-state index contributed by atoms with van der Waals surface area (Å²) in [7, 11) is 0. The molecule has 0 saturated carbocycles. The van der Waals surface area contributed by atoms with Gasteiger partial charge in [0.1, 0.15) is 5.82 Å². The molecule has 2 atom stereocenters. The monoisotopic (exact) mass is 299 g/mol. The quantitative estimate of drug-likeness (QED) is 0.911. The number of carbonyl (C=O) groups is 1. The zero-order valence-corrected chi connectivity index (χ0v) is 12.1. The number of nitrogens with one attached hydrogen (secondary N) is 1. The Bertz CT molecular complexity index is 669. The Labute approximate surface area is 128 Å². The number of amides is 1. The van der Waals surface area contributed by atoms with Crippen molar-refractivity contribution in [3.63, 3.8) is 0 Å². The van der Waals surface area contributed by atoms with E-state index in [1.54, 1.807) is 12.1 Å². The second-order valence-corrected chi connectivity index (χ2v) is 5.64. The van der Waals surface area contributed by atoms with Gasteiger partial charge in [-0.2, -0.15) is 0 Å². The first-order chi connectivity index (χ1) is 10.6. The van der Waals surface area contributed by atoms with E-state index >= 15 is 0 Å². The minimum Gasteiger partial charge on any atom is -0.390 e. The standard InChI is InChI=1S/C18H18FNO2/c19-14-8-5-12(6-9-14)7-10-17(22)20-18-15-4-2-1-3-13(15)11-16(18)21/h1-6,8-9,16,18,21H,7,10-11H2,(H,20,22)/t16-,18+/m0/s1. The van der Waals surface area contributed by atoms with Crippen LogP contribution in [-0.4, -0.2) is 17.1 Å². The van der Waals surface area contributed by atoms with Crippen molar-refractivity contribution < 1.29 is 14.3 Å². The number of aryl methyl sites for hydroxylation is 1. The van der Waals surface area contributed by atoms with E-state index in [0.29, 0.717) is 19.3 Å². The fourth-order valence-electron chi connectivity index (χ4n) is 2.90. The fourth-order valence-corrected chi connectivity index (χ4v) is 2.90. The highest BCUT2D eigenvalue weighted by Gasteiger charge is 2.31. The van der Waals surface area contributed by atoms with Crippen LogP contribution in [-0.2, 0) is 17.6 Å². The summed E-state index contributed by atoms with van der Waals surface area (Å²) in [5.74, 6) is -0.385. The maximum absolute atomic E-state index is 12.8. The minimum absolute atomic E-state index is 0.106. The second-order valence-electron chi connectivity index (χ2n) is 5.64. The van der Waals surface area contributed by atoms with Crippen LogP contribution in [0.5, 0.6) is 0 Å². The highest BCUT2D eigenvalue weighted by atomic mass is 19.1. The Kier molecular flexibility index (Phi) is 4.20. The average Bonchev–Trinajstić information content (AvgIpc) is 2.83. The summed E-state index contributed by atoms with van der Waals surface area (Å²) in [6.07, 6.45) is 0.860. The molecule has 0 aromatic heterocycles. The summed E-state index contributed by atoms with van der Waals surface area (Å²) >= 11 is 0. The number of benzene rings is 2. The predicted molar refractivity (Wildman–Crippen MR) is 81.8 cm³/mol. The van der Waals surface area contributed by atoms with Gasteiger partial charge in [0.15, 0.2) is 0 Å². The molecule has 1 amide bonds. The van der Waals surface area contributed by atoms with E-state index < -0.39 is 6.10 Å². The largest absolute Gasteiger partial charge is 0.390 e. The number of rotatable bonds is 4. The molecule has 0 fully saturated rings. The maximum atomic E-state index is 12.8. The molecule has 3 nitrogen and oxygen atoms in total. The molecule has 0 radical (unpaired) electrons. The summed E-state index contributed by atoms with van der Waals surface area (Å²) in [5, 5.41) is 13.0.